The van der Waals surface area contributed by atoms with E-state index in [0.717, 1.165) is 0 Å². The van der Waals surface area contributed by atoms with Crippen molar-refractivity contribution in [3.8, 4) is 11.5 Å². The van der Waals surface area contributed by atoms with Gasteiger partial charge in [0.1, 0.15) is 11.5 Å². The molecule has 2 rings (SSSR count). The molecule has 112 valence electrons. The molecular formula is C14H16N2O4S. The molecule has 1 atom stereocenters. The van der Waals surface area contributed by atoms with Crippen LogP contribution in [0.1, 0.15) is 18.5 Å². The second-order valence-electron chi connectivity index (χ2n) is 4.68. The third kappa shape index (κ3) is 3.65. The van der Waals surface area contributed by atoms with Crippen LogP contribution in [0.25, 0.3) is 0 Å². The summed E-state index contributed by atoms with van der Waals surface area (Å²) in [5, 5.41) is 27.4. The minimum absolute atomic E-state index is 0.000157. The van der Waals surface area contributed by atoms with Crippen LogP contribution in [0.4, 0.5) is 5.69 Å². The summed E-state index contributed by atoms with van der Waals surface area (Å²) in [5.74, 6) is 0.0742. The van der Waals surface area contributed by atoms with E-state index in [4.69, 9.17) is 5.14 Å². The van der Waals surface area contributed by atoms with Gasteiger partial charge in [-0.2, -0.15) is 0 Å². The molecule has 0 amide bonds. The van der Waals surface area contributed by atoms with Gasteiger partial charge in [0.25, 0.3) is 0 Å². The Bertz CT molecular complexity index is 759. The van der Waals surface area contributed by atoms with Gasteiger partial charge in [-0.1, -0.05) is 6.07 Å². The summed E-state index contributed by atoms with van der Waals surface area (Å²) < 4.78 is 22.6. The number of hydrogen-bond acceptors (Lipinski definition) is 5. The molecule has 0 fully saturated rings. The smallest absolute Gasteiger partial charge is 0.238 e. The average Bonchev–Trinajstić information content (AvgIpc) is 2.41. The Morgan fingerprint density at radius 3 is 2.52 bits per heavy atom. The van der Waals surface area contributed by atoms with E-state index < -0.39 is 10.0 Å². The number of nitrogens with one attached hydrogen (secondary N) is 1. The van der Waals surface area contributed by atoms with Gasteiger partial charge in [0.2, 0.25) is 10.0 Å². The Hall–Kier alpha value is -2.25. The normalized spacial score (nSPS) is 12.9. The molecule has 0 aliphatic carbocycles. The predicted octanol–water partition coefficient (Wildman–Crippen LogP) is 1.92. The van der Waals surface area contributed by atoms with Crippen molar-refractivity contribution >= 4 is 15.7 Å². The molecule has 0 spiro atoms. The second kappa shape index (κ2) is 5.63. The van der Waals surface area contributed by atoms with E-state index in [1.54, 1.807) is 19.1 Å². The fourth-order valence-electron chi connectivity index (χ4n) is 1.98. The van der Waals surface area contributed by atoms with Crippen LogP contribution in [0, 0.1) is 0 Å². The fraction of sp³-hybridized carbons (Fsp3) is 0.143. The van der Waals surface area contributed by atoms with Crippen LogP contribution in [0.5, 0.6) is 11.5 Å². The van der Waals surface area contributed by atoms with E-state index in [1.807, 2.05) is 0 Å². The van der Waals surface area contributed by atoms with Crippen LogP contribution in [0.2, 0.25) is 0 Å². The standard InChI is InChI=1S/C14H16N2O4S/c1-9(13-8-11(17)5-6-14(13)18)16-10-3-2-4-12(7-10)21(15,19)20/h2-9,16-18H,1H3,(H2,15,19,20). The van der Waals surface area contributed by atoms with Crippen molar-refractivity contribution in [3.05, 3.63) is 48.0 Å². The van der Waals surface area contributed by atoms with E-state index in [0.29, 0.717) is 11.3 Å². The number of primary sulfonamides is 1. The maximum Gasteiger partial charge on any atom is 0.238 e. The molecule has 2 aromatic rings. The van der Waals surface area contributed by atoms with Gasteiger partial charge in [-0.3, -0.25) is 0 Å². The predicted molar refractivity (Wildman–Crippen MR) is 79.6 cm³/mol. The maximum atomic E-state index is 11.3. The molecule has 0 saturated heterocycles. The first-order valence-corrected chi connectivity index (χ1v) is 7.73. The molecule has 5 N–H and O–H groups in total. The van der Waals surface area contributed by atoms with Crippen LogP contribution < -0.4 is 10.5 Å². The number of phenolic OH excluding ortho intramolecular Hbond substituents is 2. The lowest BCUT2D eigenvalue weighted by Gasteiger charge is -2.17. The Morgan fingerprint density at radius 2 is 1.86 bits per heavy atom. The van der Waals surface area contributed by atoms with Crippen LogP contribution >= 0.6 is 0 Å². The van der Waals surface area contributed by atoms with Crippen LogP contribution in [-0.4, -0.2) is 18.6 Å². The minimum Gasteiger partial charge on any atom is -0.508 e. The van der Waals surface area contributed by atoms with Gasteiger partial charge < -0.3 is 15.5 Å². The van der Waals surface area contributed by atoms with E-state index in [9.17, 15) is 18.6 Å². The molecule has 0 heterocycles. The van der Waals surface area contributed by atoms with Gasteiger partial charge in [-0.05, 0) is 43.3 Å². The molecule has 1 unspecified atom stereocenters. The van der Waals surface area contributed by atoms with Gasteiger partial charge in [-0.15, -0.1) is 0 Å². The highest BCUT2D eigenvalue weighted by atomic mass is 32.2. The van der Waals surface area contributed by atoms with E-state index >= 15 is 0 Å². The molecule has 0 saturated carbocycles. The highest BCUT2D eigenvalue weighted by molar-refractivity contribution is 7.89. The third-order valence-corrected chi connectivity index (χ3v) is 3.93. The Morgan fingerprint density at radius 1 is 1.14 bits per heavy atom. The molecule has 0 aliphatic rings. The third-order valence-electron chi connectivity index (χ3n) is 3.02. The fourth-order valence-corrected chi connectivity index (χ4v) is 2.54. The molecule has 0 bridgehead atoms. The summed E-state index contributed by atoms with van der Waals surface area (Å²) >= 11 is 0. The Balaban J connectivity index is 2.28. The second-order valence-corrected chi connectivity index (χ2v) is 6.24. The number of nitrogens with two attached hydrogens (primary N) is 1. The number of sulfonamides is 1. The summed E-state index contributed by atoms with van der Waals surface area (Å²) in [7, 11) is -3.77. The number of rotatable bonds is 4. The largest absolute Gasteiger partial charge is 0.508 e. The average molecular weight is 308 g/mol. The highest BCUT2D eigenvalue weighted by Gasteiger charge is 2.13. The molecular weight excluding hydrogens is 292 g/mol. The molecule has 21 heavy (non-hydrogen) atoms. The maximum absolute atomic E-state index is 11.3. The van der Waals surface area contributed by atoms with E-state index in [1.165, 1.54) is 30.3 Å². The SMILES string of the molecule is CC(Nc1cccc(S(N)(=O)=O)c1)c1cc(O)ccc1O. The number of phenols is 2. The molecule has 2 aromatic carbocycles. The van der Waals surface area contributed by atoms with Gasteiger partial charge >= 0.3 is 0 Å². The minimum atomic E-state index is -3.77. The highest BCUT2D eigenvalue weighted by Crippen LogP contribution is 2.30. The van der Waals surface area contributed by atoms with Crippen molar-refractivity contribution in [3.63, 3.8) is 0 Å². The van der Waals surface area contributed by atoms with Crippen molar-refractivity contribution in [2.75, 3.05) is 5.32 Å². The zero-order valence-electron chi connectivity index (χ0n) is 11.3. The summed E-state index contributed by atoms with van der Waals surface area (Å²) in [4.78, 5) is -0.000157. The summed E-state index contributed by atoms with van der Waals surface area (Å²) in [5.41, 5.74) is 1.03. The quantitative estimate of drug-likeness (QED) is 0.645. The zero-order chi connectivity index (χ0) is 15.6. The molecule has 6 nitrogen and oxygen atoms in total. The monoisotopic (exact) mass is 308 g/mol. The van der Waals surface area contributed by atoms with Crippen molar-refractivity contribution in [1.29, 1.82) is 0 Å². The van der Waals surface area contributed by atoms with Crippen LogP contribution in [-0.2, 0) is 10.0 Å². The van der Waals surface area contributed by atoms with Crippen LogP contribution in [0.15, 0.2) is 47.4 Å². The van der Waals surface area contributed by atoms with Gasteiger partial charge in [0.15, 0.2) is 0 Å². The number of aromatic hydroxyl groups is 2. The lowest BCUT2D eigenvalue weighted by Crippen LogP contribution is -2.13. The molecule has 0 aromatic heterocycles. The first kappa shape index (κ1) is 15.1. The van der Waals surface area contributed by atoms with Gasteiger partial charge in [-0.25, -0.2) is 13.6 Å². The van der Waals surface area contributed by atoms with E-state index in [2.05, 4.69) is 5.32 Å². The van der Waals surface area contributed by atoms with Crippen LogP contribution in [0.3, 0.4) is 0 Å². The number of benzene rings is 2. The Labute approximate surface area is 122 Å². The summed E-state index contributed by atoms with van der Waals surface area (Å²) in [6, 6.07) is 9.94. The lowest BCUT2D eigenvalue weighted by atomic mass is 10.1. The lowest BCUT2D eigenvalue weighted by molar-refractivity contribution is 0.451. The summed E-state index contributed by atoms with van der Waals surface area (Å²) in [6.45, 7) is 1.78. The summed E-state index contributed by atoms with van der Waals surface area (Å²) in [6.07, 6.45) is 0. The first-order valence-electron chi connectivity index (χ1n) is 6.18. The van der Waals surface area contributed by atoms with Crippen molar-refractivity contribution in [2.24, 2.45) is 5.14 Å². The molecule has 0 aliphatic heterocycles. The van der Waals surface area contributed by atoms with Crippen molar-refractivity contribution in [1.82, 2.24) is 0 Å². The van der Waals surface area contributed by atoms with Gasteiger partial charge in [0.05, 0.1) is 10.9 Å². The van der Waals surface area contributed by atoms with E-state index in [-0.39, 0.29) is 22.4 Å². The van der Waals surface area contributed by atoms with Crippen molar-refractivity contribution in [2.45, 2.75) is 17.9 Å². The van der Waals surface area contributed by atoms with Gasteiger partial charge in [0, 0.05) is 11.3 Å². The zero-order valence-corrected chi connectivity index (χ0v) is 12.1. The number of anilines is 1. The number of hydrogen-bond donors (Lipinski definition) is 4. The molecule has 7 heteroatoms. The molecule has 0 radical (unpaired) electrons. The Kier molecular flexibility index (Phi) is 4.06. The van der Waals surface area contributed by atoms with Crippen molar-refractivity contribution < 1.29 is 18.6 Å². The first-order chi connectivity index (χ1) is 9.77. The topological polar surface area (TPSA) is 113 Å².